The Hall–Kier alpha value is -2.52. The van der Waals surface area contributed by atoms with Gasteiger partial charge in [0.2, 0.25) is 0 Å². The van der Waals surface area contributed by atoms with Crippen LogP contribution in [0.3, 0.4) is 0 Å². The molecule has 1 unspecified atom stereocenters. The molecule has 0 saturated carbocycles. The van der Waals surface area contributed by atoms with Gasteiger partial charge in [-0.25, -0.2) is 4.98 Å². The Bertz CT molecular complexity index is 1370. The van der Waals surface area contributed by atoms with E-state index in [1.54, 1.807) is 44.2 Å². The number of ether oxygens (including phenoxy) is 1. The minimum Gasteiger partial charge on any atom is -0.489 e. The Morgan fingerprint density at radius 1 is 1.19 bits per heavy atom. The third kappa shape index (κ3) is 4.78. The van der Waals surface area contributed by atoms with E-state index >= 15 is 0 Å². The molecule has 2 heterocycles. The quantitative estimate of drug-likeness (QED) is 0.427. The van der Waals surface area contributed by atoms with E-state index in [-0.39, 0.29) is 12.2 Å². The molecule has 6 nitrogen and oxygen atoms in total. The molecular formula is C23H21ClN2O4S2. The van der Waals surface area contributed by atoms with Crippen LogP contribution in [-0.4, -0.2) is 37.3 Å². The molecule has 1 N–H and O–H groups in total. The average Bonchev–Trinajstić information content (AvgIpc) is 3.18. The van der Waals surface area contributed by atoms with Crippen molar-refractivity contribution in [1.29, 1.82) is 0 Å². The van der Waals surface area contributed by atoms with E-state index < -0.39 is 16.4 Å². The van der Waals surface area contributed by atoms with Crippen molar-refractivity contribution in [1.82, 2.24) is 9.55 Å². The van der Waals surface area contributed by atoms with Crippen LogP contribution in [0.25, 0.3) is 26.3 Å². The van der Waals surface area contributed by atoms with E-state index in [1.165, 1.54) is 28.5 Å². The topological polar surface area (TPSA) is 81.4 Å². The maximum Gasteiger partial charge on any atom is 0.275 e. The molecule has 2 aromatic heterocycles. The predicted molar refractivity (Wildman–Crippen MR) is 130 cm³/mol. The van der Waals surface area contributed by atoms with Crippen LogP contribution in [0.1, 0.15) is 13.8 Å². The number of hydrogen-bond donors (Lipinski definition) is 1. The molecule has 0 fully saturated rings. The Balaban J connectivity index is 1.75. The summed E-state index contributed by atoms with van der Waals surface area (Å²) in [5.41, 5.74) is 0.869. The molecular weight excluding hydrogens is 468 g/mol. The van der Waals surface area contributed by atoms with Crippen molar-refractivity contribution in [2.24, 2.45) is 0 Å². The molecule has 4 aromatic rings. The summed E-state index contributed by atoms with van der Waals surface area (Å²) >= 11 is 7.34. The number of aliphatic hydroxyl groups is 1. The number of nitrogens with zero attached hydrogens (tertiary/aromatic N) is 2. The Morgan fingerprint density at radius 3 is 2.56 bits per heavy atom. The van der Waals surface area contributed by atoms with Gasteiger partial charge in [0.15, 0.2) is 0 Å². The van der Waals surface area contributed by atoms with Gasteiger partial charge in [-0.2, -0.15) is 0 Å². The highest BCUT2D eigenvalue weighted by molar-refractivity contribution is 7.84. The highest BCUT2D eigenvalue weighted by Crippen LogP contribution is 2.32. The minimum atomic E-state index is -1.36. The molecule has 0 amide bonds. The van der Waals surface area contributed by atoms with Crippen LogP contribution in [0.15, 0.2) is 64.5 Å². The molecule has 0 aliphatic carbocycles. The summed E-state index contributed by atoms with van der Waals surface area (Å²) in [6, 6.07) is 14.3. The molecule has 0 saturated heterocycles. The van der Waals surface area contributed by atoms with Crippen molar-refractivity contribution in [3.05, 3.63) is 70.2 Å². The largest absolute Gasteiger partial charge is 0.489 e. The van der Waals surface area contributed by atoms with E-state index in [4.69, 9.17) is 16.3 Å². The summed E-state index contributed by atoms with van der Waals surface area (Å²) in [5, 5.41) is 10.6. The molecule has 166 valence electrons. The first-order valence-electron chi connectivity index (χ1n) is 9.72. The van der Waals surface area contributed by atoms with Crippen LogP contribution in [0.5, 0.6) is 5.75 Å². The van der Waals surface area contributed by atoms with E-state index in [0.717, 1.165) is 10.4 Å². The van der Waals surface area contributed by atoms with Gasteiger partial charge in [-0.1, -0.05) is 23.7 Å². The number of rotatable bonds is 6. The molecule has 0 bridgehead atoms. The molecule has 1 atom stereocenters. The number of aromatic nitrogens is 2. The van der Waals surface area contributed by atoms with Gasteiger partial charge in [-0.3, -0.25) is 13.6 Å². The second-order valence-electron chi connectivity index (χ2n) is 7.94. The van der Waals surface area contributed by atoms with Gasteiger partial charge in [0.05, 0.1) is 32.5 Å². The summed E-state index contributed by atoms with van der Waals surface area (Å²) in [5.74, 6) is 0.403. The van der Waals surface area contributed by atoms with Crippen molar-refractivity contribution in [2.45, 2.75) is 24.3 Å². The summed E-state index contributed by atoms with van der Waals surface area (Å²) in [4.78, 5) is 19.0. The van der Waals surface area contributed by atoms with Gasteiger partial charge in [0.1, 0.15) is 23.4 Å². The lowest BCUT2D eigenvalue weighted by Crippen LogP contribution is -2.28. The standard InChI is InChI=1S/C23H21ClN2O4S2/c1-23(2,28)12-30-18-9-8-16(10-20(18)32(3)29)26-13-25-17-11-19(31-21(17)22(26)27)14-4-6-15(24)7-5-14/h4-11,13,28H,12H2,1-3H3. The second-order valence-corrected chi connectivity index (χ2v) is 10.8. The van der Waals surface area contributed by atoms with Gasteiger partial charge in [0.25, 0.3) is 5.56 Å². The number of halogens is 1. The van der Waals surface area contributed by atoms with Gasteiger partial charge >= 0.3 is 0 Å². The zero-order valence-electron chi connectivity index (χ0n) is 17.7. The first kappa shape index (κ1) is 22.7. The lowest BCUT2D eigenvalue weighted by atomic mass is 10.2. The summed E-state index contributed by atoms with van der Waals surface area (Å²) in [6.07, 6.45) is 3.01. The summed E-state index contributed by atoms with van der Waals surface area (Å²) in [7, 11) is -1.36. The van der Waals surface area contributed by atoms with Crippen LogP contribution in [0.4, 0.5) is 0 Å². The minimum absolute atomic E-state index is 0.0483. The fourth-order valence-corrected chi connectivity index (χ4v) is 4.97. The molecule has 0 aliphatic rings. The van der Waals surface area contributed by atoms with E-state index in [1.807, 2.05) is 18.2 Å². The lowest BCUT2D eigenvalue weighted by Gasteiger charge is -2.19. The van der Waals surface area contributed by atoms with E-state index in [2.05, 4.69) is 4.98 Å². The lowest BCUT2D eigenvalue weighted by molar-refractivity contribution is 0.0275. The number of thiophene rings is 1. The van der Waals surface area contributed by atoms with E-state index in [9.17, 15) is 14.1 Å². The molecule has 2 aromatic carbocycles. The number of benzene rings is 2. The van der Waals surface area contributed by atoms with Crippen molar-refractivity contribution in [3.63, 3.8) is 0 Å². The maximum atomic E-state index is 13.2. The second kappa shape index (κ2) is 8.78. The normalized spacial score (nSPS) is 12.8. The highest BCUT2D eigenvalue weighted by Gasteiger charge is 2.18. The average molecular weight is 489 g/mol. The maximum absolute atomic E-state index is 13.2. The number of fused-ring (bicyclic) bond motifs is 1. The zero-order valence-corrected chi connectivity index (χ0v) is 20.1. The smallest absolute Gasteiger partial charge is 0.275 e. The summed E-state index contributed by atoms with van der Waals surface area (Å²) in [6.45, 7) is 3.31. The van der Waals surface area contributed by atoms with Crippen molar-refractivity contribution in [3.8, 4) is 21.9 Å². The van der Waals surface area contributed by atoms with Crippen molar-refractivity contribution >= 4 is 44.0 Å². The third-order valence-electron chi connectivity index (χ3n) is 4.66. The molecule has 0 aliphatic heterocycles. The van der Waals surface area contributed by atoms with E-state index in [0.29, 0.717) is 31.6 Å². The SMILES string of the molecule is CS(=O)c1cc(-n2cnc3cc(-c4ccc(Cl)cc4)sc3c2=O)ccc1OCC(C)(C)O. The van der Waals surface area contributed by atoms with Crippen LogP contribution < -0.4 is 10.3 Å². The highest BCUT2D eigenvalue weighted by atomic mass is 35.5. The Morgan fingerprint density at radius 2 is 1.91 bits per heavy atom. The van der Waals surface area contributed by atoms with Crippen molar-refractivity contribution in [2.75, 3.05) is 12.9 Å². The molecule has 0 spiro atoms. The first-order chi connectivity index (χ1) is 15.1. The molecule has 9 heteroatoms. The Labute approximate surface area is 196 Å². The van der Waals surface area contributed by atoms with Gasteiger partial charge < -0.3 is 9.84 Å². The van der Waals surface area contributed by atoms with Gasteiger partial charge in [-0.05, 0) is 55.8 Å². The Kier molecular flexibility index (Phi) is 6.22. The molecule has 0 radical (unpaired) electrons. The monoisotopic (exact) mass is 488 g/mol. The third-order valence-corrected chi connectivity index (χ3v) is 7.01. The molecule has 32 heavy (non-hydrogen) atoms. The van der Waals surface area contributed by atoms with Crippen LogP contribution in [-0.2, 0) is 10.8 Å². The zero-order chi connectivity index (χ0) is 23.0. The fourth-order valence-electron chi connectivity index (χ4n) is 3.10. The first-order valence-corrected chi connectivity index (χ1v) is 12.5. The van der Waals surface area contributed by atoms with Crippen LogP contribution in [0, 0.1) is 0 Å². The molecule has 4 rings (SSSR count). The number of hydrogen-bond acceptors (Lipinski definition) is 6. The van der Waals surface area contributed by atoms with Gasteiger partial charge in [0, 0.05) is 16.2 Å². The van der Waals surface area contributed by atoms with Gasteiger partial charge in [-0.15, -0.1) is 11.3 Å². The summed E-state index contributed by atoms with van der Waals surface area (Å²) < 4.78 is 19.9. The fraction of sp³-hybridized carbons (Fsp3) is 0.217. The van der Waals surface area contributed by atoms with Crippen molar-refractivity contribution < 1.29 is 14.1 Å². The van der Waals surface area contributed by atoms with Crippen LogP contribution in [0.2, 0.25) is 5.02 Å². The van der Waals surface area contributed by atoms with Crippen LogP contribution >= 0.6 is 22.9 Å². The predicted octanol–water partition coefficient (Wildman–Crippen LogP) is 4.65.